The number of carbonyl (C=O) groups is 1. The zero-order valence-corrected chi connectivity index (χ0v) is 21.2. The normalized spacial score (nSPS) is 11.9. The summed E-state index contributed by atoms with van der Waals surface area (Å²) in [5.41, 5.74) is 2.84. The summed E-state index contributed by atoms with van der Waals surface area (Å²) in [7, 11) is 1.36. The van der Waals surface area contributed by atoms with E-state index >= 15 is 0 Å². The first-order chi connectivity index (χ1) is 17.0. The Balaban J connectivity index is 1.56. The van der Waals surface area contributed by atoms with Crippen LogP contribution >= 0.6 is 11.8 Å². The Kier molecular flexibility index (Phi) is 7.92. The minimum atomic E-state index is -0.408. The van der Waals surface area contributed by atoms with Crippen LogP contribution in [0.25, 0.3) is 0 Å². The molecule has 4 rings (SSSR count). The molecule has 0 N–H and O–H groups in total. The fourth-order valence-electron chi connectivity index (χ4n) is 3.81. The van der Waals surface area contributed by atoms with Gasteiger partial charge in [0.1, 0.15) is 29.4 Å². The largest absolute Gasteiger partial charge is 0.486 e. The molecule has 2 heterocycles. The minimum Gasteiger partial charge on any atom is -0.486 e. The van der Waals surface area contributed by atoms with Gasteiger partial charge in [0.05, 0.1) is 18.9 Å². The van der Waals surface area contributed by atoms with Crippen molar-refractivity contribution < 1.29 is 18.7 Å². The lowest BCUT2D eigenvalue weighted by Gasteiger charge is -2.18. The highest BCUT2D eigenvalue weighted by molar-refractivity contribution is 7.98. The molecule has 0 aliphatic carbocycles. The molecule has 1 atom stereocenters. The van der Waals surface area contributed by atoms with Crippen LogP contribution < -0.4 is 4.74 Å². The van der Waals surface area contributed by atoms with Gasteiger partial charge in [-0.25, -0.2) is 4.79 Å². The van der Waals surface area contributed by atoms with Crippen molar-refractivity contribution in [2.45, 2.75) is 50.8 Å². The van der Waals surface area contributed by atoms with Crippen LogP contribution in [-0.4, -0.2) is 27.8 Å². The van der Waals surface area contributed by atoms with Crippen molar-refractivity contribution in [2.24, 2.45) is 0 Å². The summed E-state index contributed by atoms with van der Waals surface area (Å²) < 4.78 is 18.7. The molecule has 0 spiro atoms. The van der Waals surface area contributed by atoms with Crippen molar-refractivity contribution in [2.75, 3.05) is 7.11 Å². The minimum absolute atomic E-state index is 0.00117. The molecule has 4 aromatic rings. The molecule has 0 fully saturated rings. The molecule has 8 heteroatoms. The number of aromatic nitrogens is 3. The third-order valence-electron chi connectivity index (χ3n) is 5.82. The average Bonchev–Trinajstić information content (AvgIpc) is 3.48. The molecule has 182 valence electrons. The van der Waals surface area contributed by atoms with Crippen LogP contribution in [0, 0.1) is 6.92 Å². The first kappa shape index (κ1) is 24.6. The van der Waals surface area contributed by atoms with Crippen LogP contribution in [0.4, 0.5) is 0 Å². The molecule has 35 heavy (non-hydrogen) atoms. The number of thioether (sulfide) groups is 1. The van der Waals surface area contributed by atoms with Crippen molar-refractivity contribution in [3.8, 4) is 5.75 Å². The topological polar surface area (TPSA) is 79.4 Å². The molecule has 2 aromatic carbocycles. The van der Waals surface area contributed by atoms with Crippen molar-refractivity contribution in [3.05, 3.63) is 94.7 Å². The summed E-state index contributed by atoms with van der Waals surface area (Å²) in [6.07, 6.45) is 0.986. The van der Waals surface area contributed by atoms with Gasteiger partial charge in [0.25, 0.3) is 0 Å². The van der Waals surface area contributed by atoms with Crippen molar-refractivity contribution in [1.29, 1.82) is 0 Å². The van der Waals surface area contributed by atoms with Gasteiger partial charge in [-0.15, -0.1) is 10.2 Å². The number of hydrogen-bond donors (Lipinski definition) is 0. The second-order valence-corrected chi connectivity index (χ2v) is 9.05. The molecule has 2 aromatic heterocycles. The van der Waals surface area contributed by atoms with E-state index in [4.69, 9.17) is 13.9 Å². The number of nitrogens with zero attached hydrogens (tertiary/aromatic N) is 3. The zero-order chi connectivity index (χ0) is 24.8. The fourth-order valence-corrected chi connectivity index (χ4v) is 4.72. The second kappa shape index (κ2) is 11.3. The highest BCUT2D eigenvalue weighted by Gasteiger charge is 2.21. The first-order valence-corrected chi connectivity index (χ1v) is 12.5. The molecule has 0 radical (unpaired) electrons. The molecule has 7 nitrogen and oxygen atoms in total. The zero-order valence-electron chi connectivity index (χ0n) is 20.4. The molecule has 0 saturated heterocycles. The monoisotopic (exact) mass is 491 g/mol. The number of rotatable bonds is 10. The molecule has 0 amide bonds. The van der Waals surface area contributed by atoms with Gasteiger partial charge in [0.15, 0.2) is 11.0 Å². The van der Waals surface area contributed by atoms with Crippen LogP contribution in [0.3, 0.4) is 0 Å². The van der Waals surface area contributed by atoms with Gasteiger partial charge in [-0.05, 0) is 49.6 Å². The van der Waals surface area contributed by atoms with E-state index in [1.54, 1.807) is 13.0 Å². The van der Waals surface area contributed by atoms with Crippen molar-refractivity contribution >= 4 is 17.7 Å². The molecule has 0 aliphatic rings. The Labute approximate surface area is 209 Å². The summed E-state index contributed by atoms with van der Waals surface area (Å²) in [5.74, 6) is 2.82. The van der Waals surface area contributed by atoms with Crippen LogP contribution in [-0.2, 0) is 23.5 Å². The van der Waals surface area contributed by atoms with Crippen LogP contribution in [0.1, 0.15) is 58.7 Å². The van der Waals surface area contributed by atoms with Gasteiger partial charge in [0.2, 0.25) is 0 Å². The smallest absolute Gasteiger partial charge is 0.341 e. The number of methoxy groups -OCH3 is 1. The van der Waals surface area contributed by atoms with E-state index in [0.717, 1.165) is 28.7 Å². The second-order valence-electron chi connectivity index (χ2n) is 8.10. The number of ether oxygens (including phenoxy) is 2. The van der Waals surface area contributed by atoms with E-state index in [1.165, 1.54) is 24.4 Å². The SMILES string of the molecule is CCc1ccc(OCc2nnc(SCc3cc(C(=O)OC)c(C)o3)n2[C@@H](C)c2ccccc2)cc1. The summed E-state index contributed by atoms with van der Waals surface area (Å²) in [4.78, 5) is 11.9. The number of hydrogen-bond acceptors (Lipinski definition) is 7. The lowest BCUT2D eigenvalue weighted by atomic mass is 10.1. The van der Waals surface area contributed by atoms with Crippen LogP contribution in [0.2, 0.25) is 0 Å². The molecule has 0 unspecified atom stereocenters. The summed E-state index contributed by atoms with van der Waals surface area (Å²) in [5, 5.41) is 9.66. The highest BCUT2D eigenvalue weighted by atomic mass is 32.2. The molecule has 0 bridgehead atoms. The molecular formula is C27H29N3O4S. The first-order valence-electron chi connectivity index (χ1n) is 11.5. The predicted octanol–water partition coefficient (Wildman–Crippen LogP) is 6.01. The van der Waals surface area contributed by atoms with E-state index in [2.05, 4.69) is 52.9 Å². The lowest BCUT2D eigenvalue weighted by Crippen LogP contribution is -2.14. The lowest BCUT2D eigenvalue weighted by molar-refractivity contribution is 0.0599. The molecule has 0 saturated carbocycles. The molecule has 0 aliphatic heterocycles. The number of benzene rings is 2. The Hall–Kier alpha value is -3.52. The summed E-state index contributed by atoms with van der Waals surface area (Å²) in [6.45, 7) is 6.29. The predicted molar refractivity (Wildman–Crippen MR) is 135 cm³/mol. The summed E-state index contributed by atoms with van der Waals surface area (Å²) >= 11 is 1.50. The Morgan fingerprint density at radius 1 is 1.11 bits per heavy atom. The molecular weight excluding hydrogens is 462 g/mol. The van der Waals surface area contributed by atoms with E-state index in [1.807, 2.05) is 30.3 Å². The van der Waals surface area contributed by atoms with Crippen LogP contribution in [0.5, 0.6) is 5.75 Å². The van der Waals surface area contributed by atoms with Gasteiger partial charge in [-0.2, -0.15) is 0 Å². The number of carbonyl (C=O) groups excluding carboxylic acids is 1. The van der Waals surface area contributed by atoms with E-state index in [0.29, 0.717) is 29.4 Å². The average molecular weight is 492 g/mol. The maximum absolute atomic E-state index is 11.9. The quantitative estimate of drug-likeness (QED) is 0.199. The highest BCUT2D eigenvalue weighted by Crippen LogP contribution is 2.30. The Morgan fingerprint density at radius 2 is 1.86 bits per heavy atom. The standard InChI is InChI=1S/C27H29N3O4S/c1-5-20-11-13-22(14-12-20)33-16-25-28-29-27(30(25)18(2)21-9-7-6-8-10-21)35-17-23-15-24(19(3)34-23)26(31)32-4/h6-15,18H,5,16-17H2,1-4H3/t18-/m0/s1. The van der Waals surface area contributed by atoms with Crippen molar-refractivity contribution in [3.63, 3.8) is 0 Å². The maximum Gasteiger partial charge on any atom is 0.341 e. The Bertz CT molecular complexity index is 1270. The van der Waals surface area contributed by atoms with Gasteiger partial charge in [0, 0.05) is 0 Å². The van der Waals surface area contributed by atoms with Gasteiger partial charge >= 0.3 is 5.97 Å². The third-order valence-corrected chi connectivity index (χ3v) is 6.79. The van der Waals surface area contributed by atoms with Gasteiger partial charge in [-0.3, -0.25) is 4.57 Å². The number of furan rings is 1. The van der Waals surface area contributed by atoms with E-state index < -0.39 is 5.97 Å². The van der Waals surface area contributed by atoms with Gasteiger partial charge < -0.3 is 13.9 Å². The fraction of sp³-hybridized carbons (Fsp3) is 0.296. The third kappa shape index (κ3) is 5.77. The summed E-state index contributed by atoms with van der Waals surface area (Å²) in [6, 6.07) is 20.0. The van der Waals surface area contributed by atoms with Gasteiger partial charge in [-0.1, -0.05) is 61.2 Å². The Morgan fingerprint density at radius 3 is 2.54 bits per heavy atom. The maximum atomic E-state index is 11.9. The van der Waals surface area contributed by atoms with E-state index in [9.17, 15) is 4.79 Å². The number of esters is 1. The van der Waals surface area contributed by atoms with E-state index in [-0.39, 0.29) is 6.04 Å². The van der Waals surface area contributed by atoms with Crippen molar-refractivity contribution in [1.82, 2.24) is 14.8 Å². The number of aryl methyl sites for hydroxylation is 2. The van der Waals surface area contributed by atoms with Crippen LogP contribution in [0.15, 0.2) is 70.2 Å².